The van der Waals surface area contributed by atoms with Gasteiger partial charge in [-0.3, -0.25) is 4.79 Å². The molecule has 0 fully saturated rings. The molecule has 0 aliphatic heterocycles. The summed E-state index contributed by atoms with van der Waals surface area (Å²) in [4.78, 5) is 10.8. The molecule has 0 aromatic heterocycles. The number of carboxylic acid groups (broad SMARTS) is 1. The summed E-state index contributed by atoms with van der Waals surface area (Å²) in [5.74, 6) is -0.602. The van der Waals surface area contributed by atoms with Crippen LogP contribution in [0.4, 0.5) is 0 Å². The number of carbonyl (C=O) groups is 1. The predicted molar refractivity (Wildman–Crippen MR) is 78.0 cm³/mol. The molecule has 0 amide bonds. The molecule has 3 nitrogen and oxygen atoms in total. The molecule has 2 aromatic carbocycles. The third kappa shape index (κ3) is 3.85. The number of hydrogen-bond acceptors (Lipinski definition) is 2. The first kappa shape index (κ1) is 14.1. The Kier molecular flexibility index (Phi) is 4.77. The van der Waals surface area contributed by atoms with Crippen LogP contribution in [0.5, 0.6) is 5.75 Å². The minimum Gasteiger partial charge on any atom is -0.492 e. The van der Waals surface area contributed by atoms with E-state index in [1.165, 1.54) is 5.56 Å². The van der Waals surface area contributed by atoms with Gasteiger partial charge in [-0.2, -0.15) is 0 Å². The molecule has 1 atom stereocenters. The lowest BCUT2D eigenvalue weighted by Gasteiger charge is -2.13. The average molecular weight is 270 g/mol. The van der Waals surface area contributed by atoms with Gasteiger partial charge in [-0.15, -0.1) is 0 Å². The third-order valence-electron chi connectivity index (χ3n) is 3.12. The highest BCUT2D eigenvalue weighted by atomic mass is 16.5. The van der Waals surface area contributed by atoms with Crippen molar-refractivity contribution in [3.63, 3.8) is 0 Å². The van der Waals surface area contributed by atoms with Gasteiger partial charge in [-0.05, 0) is 24.1 Å². The minimum atomic E-state index is -0.842. The van der Waals surface area contributed by atoms with Crippen molar-refractivity contribution < 1.29 is 14.6 Å². The lowest BCUT2D eigenvalue weighted by molar-refractivity contribution is -0.142. The molecule has 0 heterocycles. The van der Waals surface area contributed by atoms with E-state index in [1.807, 2.05) is 42.5 Å². The van der Waals surface area contributed by atoms with Crippen LogP contribution in [0.1, 0.15) is 18.1 Å². The second-order valence-corrected chi connectivity index (χ2v) is 4.82. The molecule has 2 rings (SSSR count). The normalized spacial score (nSPS) is 11.8. The van der Waals surface area contributed by atoms with Gasteiger partial charge in [0.25, 0.3) is 0 Å². The molecule has 1 N–H and O–H groups in total. The summed E-state index contributed by atoms with van der Waals surface area (Å²) < 4.78 is 5.65. The summed E-state index contributed by atoms with van der Waals surface area (Å²) in [6.45, 7) is 1.82. The Bertz CT molecular complexity index is 563. The zero-order chi connectivity index (χ0) is 14.4. The van der Waals surface area contributed by atoms with Gasteiger partial charge < -0.3 is 9.84 Å². The van der Waals surface area contributed by atoms with E-state index >= 15 is 0 Å². The van der Waals surface area contributed by atoms with Crippen molar-refractivity contribution in [2.24, 2.45) is 5.92 Å². The fourth-order valence-corrected chi connectivity index (χ4v) is 1.89. The van der Waals surface area contributed by atoms with Crippen molar-refractivity contribution in [1.82, 2.24) is 0 Å². The molecule has 0 aliphatic rings. The Hall–Kier alpha value is -2.29. The maximum Gasteiger partial charge on any atom is 0.309 e. The molecular weight excluding hydrogens is 252 g/mol. The minimum absolute atomic E-state index is 0.182. The first-order valence-corrected chi connectivity index (χ1v) is 6.64. The maximum absolute atomic E-state index is 10.8. The summed E-state index contributed by atoms with van der Waals surface area (Å²) in [6, 6.07) is 17.9. The molecule has 104 valence electrons. The van der Waals surface area contributed by atoms with Crippen LogP contribution in [-0.4, -0.2) is 17.7 Å². The molecular formula is C17H18O3. The highest BCUT2D eigenvalue weighted by Crippen LogP contribution is 2.22. The lowest BCUT2D eigenvalue weighted by atomic mass is 10.0. The lowest BCUT2D eigenvalue weighted by Crippen LogP contribution is -2.18. The molecule has 0 spiro atoms. The maximum atomic E-state index is 10.8. The summed E-state index contributed by atoms with van der Waals surface area (Å²) in [5, 5.41) is 8.88. The van der Waals surface area contributed by atoms with E-state index in [0.29, 0.717) is 0 Å². The number of hydrogen-bond donors (Lipinski definition) is 1. The Morgan fingerprint density at radius 3 is 2.45 bits per heavy atom. The van der Waals surface area contributed by atoms with Gasteiger partial charge in [0, 0.05) is 6.42 Å². The number of ether oxygens (including phenoxy) is 1. The number of carboxylic acids is 1. The second-order valence-electron chi connectivity index (χ2n) is 4.82. The van der Waals surface area contributed by atoms with Crippen LogP contribution >= 0.6 is 0 Å². The van der Waals surface area contributed by atoms with Crippen molar-refractivity contribution in [2.45, 2.75) is 13.3 Å². The quantitative estimate of drug-likeness (QED) is 0.875. The molecule has 2 aromatic rings. The van der Waals surface area contributed by atoms with Crippen molar-refractivity contribution in [2.75, 3.05) is 6.61 Å². The van der Waals surface area contributed by atoms with Crippen LogP contribution in [0.2, 0.25) is 0 Å². The van der Waals surface area contributed by atoms with Crippen LogP contribution in [0.15, 0.2) is 54.6 Å². The van der Waals surface area contributed by atoms with Gasteiger partial charge in [-0.25, -0.2) is 0 Å². The Morgan fingerprint density at radius 2 is 1.75 bits per heavy atom. The zero-order valence-corrected chi connectivity index (χ0v) is 11.5. The standard InChI is InChI=1S/C17H18O3/c1-13(17(18)19)12-20-16-10-6-5-9-15(16)11-14-7-3-2-4-8-14/h2-10,13H,11-12H2,1H3,(H,18,19). The van der Waals surface area contributed by atoms with Gasteiger partial charge >= 0.3 is 5.97 Å². The Morgan fingerprint density at radius 1 is 1.10 bits per heavy atom. The highest BCUT2D eigenvalue weighted by Gasteiger charge is 2.12. The molecule has 3 heteroatoms. The van der Waals surface area contributed by atoms with Gasteiger partial charge in [0.1, 0.15) is 12.4 Å². The van der Waals surface area contributed by atoms with Crippen molar-refractivity contribution >= 4 is 5.97 Å². The van der Waals surface area contributed by atoms with Gasteiger partial charge in [0.2, 0.25) is 0 Å². The fraction of sp³-hybridized carbons (Fsp3) is 0.235. The van der Waals surface area contributed by atoms with Gasteiger partial charge in [0.05, 0.1) is 5.92 Å². The number of para-hydroxylation sites is 1. The van der Waals surface area contributed by atoms with Crippen molar-refractivity contribution in [3.8, 4) is 5.75 Å². The predicted octanol–water partition coefficient (Wildman–Crippen LogP) is 3.38. The molecule has 0 saturated carbocycles. The van der Waals surface area contributed by atoms with Gasteiger partial charge in [0.15, 0.2) is 0 Å². The Balaban J connectivity index is 2.08. The Labute approximate surface area is 118 Å². The molecule has 0 aliphatic carbocycles. The van der Waals surface area contributed by atoms with Crippen LogP contribution in [0.3, 0.4) is 0 Å². The third-order valence-corrected chi connectivity index (χ3v) is 3.12. The van der Waals surface area contributed by atoms with E-state index in [0.717, 1.165) is 17.7 Å². The number of benzene rings is 2. The van der Waals surface area contributed by atoms with E-state index < -0.39 is 11.9 Å². The molecule has 0 saturated heterocycles. The molecule has 0 bridgehead atoms. The zero-order valence-electron chi connectivity index (χ0n) is 11.5. The van der Waals surface area contributed by atoms with E-state index in [-0.39, 0.29) is 6.61 Å². The van der Waals surface area contributed by atoms with Gasteiger partial charge in [-0.1, -0.05) is 48.5 Å². The van der Waals surface area contributed by atoms with Crippen LogP contribution in [-0.2, 0) is 11.2 Å². The summed E-state index contributed by atoms with van der Waals surface area (Å²) in [7, 11) is 0. The number of aliphatic carboxylic acids is 1. The van der Waals surface area contributed by atoms with E-state index in [4.69, 9.17) is 9.84 Å². The fourth-order valence-electron chi connectivity index (χ4n) is 1.89. The monoisotopic (exact) mass is 270 g/mol. The molecule has 0 radical (unpaired) electrons. The second kappa shape index (κ2) is 6.75. The van der Waals surface area contributed by atoms with Crippen molar-refractivity contribution in [1.29, 1.82) is 0 Å². The van der Waals surface area contributed by atoms with Crippen LogP contribution in [0.25, 0.3) is 0 Å². The molecule has 20 heavy (non-hydrogen) atoms. The summed E-state index contributed by atoms with van der Waals surface area (Å²) >= 11 is 0. The summed E-state index contributed by atoms with van der Waals surface area (Å²) in [6.07, 6.45) is 0.776. The smallest absolute Gasteiger partial charge is 0.309 e. The summed E-state index contributed by atoms with van der Waals surface area (Å²) in [5.41, 5.74) is 2.27. The van der Waals surface area contributed by atoms with Crippen LogP contribution < -0.4 is 4.74 Å². The number of rotatable bonds is 6. The van der Waals surface area contributed by atoms with Crippen LogP contribution in [0, 0.1) is 5.92 Å². The van der Waals surface area contributed by atoms with E-state index in [9.17, 15) is 4.79 Å². The largest absolute Gasteiger partial charge is 0.492 e. The average Bonchev–Trinajstić information content (AvgIpc) is 2.47. The van der Waals surface area contributed by atoms with E-state index in [1.54, 1.807) is 6.92 Å². The van der Waals surface area contributed by atoms with E-state index in [2.05, 4.69) is 12.1 Å². The SMILES string of the molecule is CC(COc1ccccc1Cc1ccccc1)C(=O)O. The van der Waals surface area contributed by atoms with Crippen molar-refractivity contribution in [3.05, 3.63) is 65.7 Å². The first-order valence-electron chi connectivity index (χ1n) is 6.64. The molecule has 1 unspecified atom stereocenters. The first-order chi connectivity index (χ1) is 9.66. The topological polar surface area (TPSA) is 46.5 Å². The highest BCUT2D eigenvalue weighted by molar-refractivity contribution is 5.69.